The third-order valence-electron chi connectivity index (χ3n) is 3.20. The largest absolute Gasteiger partial charge is 0.376 e. The summed E-state index contributed by atoms with van der Waals surface area (Å²) in [7, 11) is 0. The van der Waals surface area contributed by atoms with Crippen LogP contribution in [0.4, 0.5) is 0 Å². The quantitative estimate of drug-likeness (QED) is 0.579. The van der Waals surface area contributed by atoms with E-state index in [4.69, 9.17) is 0 Å². The molecule has 0 spiro atoms. The standard InChI is InChI=1S/C10H19NO/c12-10-7-5-3-1-2-4-6-9(8-10)11-10/h9,11-12H,1-8H2. The lowest BCUT2D eigenvalue weighted by molar-refractivity contribution is -0.0956. The molecular formula is C10H19NO. The predicted octanol–water partition coefficient (Wildman–Crippen LogP) is 1.78. The van der Waals surface area contributed by atoms with Gasteiger partial charge in [-0.25, -0.2) is 0 Å². The van der Waals surface area contributed by atoms with Crippen molar-refractivity contribution in [1.29, 1.82) is 0 Å². The average Bonchev–Trinajstić information content (AvgIpc) is 2.01. The van der Waals surface area contributed by atoms with E-state index >= 15 is 0 Å². The van der Waals surface area contributed by atoms with Crippen molar-refractivity contribution < 1.29 is 5.11 Å². The van der Waals surface area contributed by atoms with Crippen LogP contribution in [0.5, 0.6) is 0 Å². The summed E-state index contributed by atoms with van der Waals surface area (Å²) in [6, 6.07) is 0.619. The Morgan fingerprint density at radius 2 is 1.75 bits per heavy atom. The first-order valence-electron chi connectivity index (χ1n) is 5.29. The minimum atomic E-state index is -0.470. The number of rotatable bonds is 0. The van der Waals surface area contributed by atoms with E-state index in [0.29, 0.717) is 6.04 Å². The first-order chi connectivity index (χ1) is 5.79. The second kappa shape index (κ2) is 3.35. The Hall–Kier alpha value is -0.0800. The number of aliphatic hydroxyl groups is 1. The molecule has 0 aromatic carbocycles. The normalized spacial score (nSPS) is 43.2. The molecule has 0 aromatic heterocycles. The monoisotopic (exact) mass is 169 g/mol. The van der Waals surface area contributed by atoms with Gasteiger partial charge >= 0.3 is 0 Å². The van der Waals surface area contributed by atoms with Crippen molar-refractivity contribution in [2.24, 2.45) is 0 Å². The van der Waals surface area contributed by atoms with E-state index in [1.54, 1.807) is 0 Å². The number of hydrogen-bond acceptors (Lipinski definition) is 2. The maximum Gasteiger partial charge on any atom is 0.117 e. The van der Waals surface area contributed by atoms with E-state index in [1.165, 1.54) is 38.5 Å². The molecule has 2 bridgehead atoms. The van der Waals surface area contributed by atoms with Gasteiger partial charge in [-0.15, -0.1) is 0 Å². The summed E-state index contributed by atoms with van der Waals surface area (Å²) in [4.78, 5) is 0. The second-order valence-corrected chi connectivity index (χ2v) is 4.38. The SMILES string of the molecule is OC12CCCCCCCC(C1)N2. The molecule has 3 rings (SSSR count). The maximum atomic E-state index is 9.85. The van der Waals surface area contributed by atoms with E-state index < -0.39 is 5.72 Å². The van der Waals surface area contributed by atoms with E-state index in [9.17, 15) is 5.11 Å². The highest BCUT2D eigenvalue weighted by Gasteiger charge is 2.40. The van der Waals surface area contributed by atoms with Gasteiger partial charge in [0.25, 0.3) is 0 Å². The Morgan fingerprint density at radius 1 is 1.08 bits per heavy atom. The zero-order chi connectivity index (χ0) is 8.44. The Morgan fingerprint density at radius 3 is 2.58 bits per heavy atom. The van der Waals surface area contributed by atoms with Gasteiger partial charge in [0.2, 0.25) is 0 Å². The molecule has 2 nitrogen and oxygen atoms in total. The molecule has 12 heavy (non-hydrogen) atoms. The summed E-state index contributed by atoms with van der Waals surface area (Å²) in [5.41, 5.74) is -0.470. The van der Waals surface area contributed by atoms with E-state index in [2.05, 4.69) is 5.32 Å². The summed E-state index contributed by atoms with van der Waals surface area (Å²) in [6.07, 6.45) is 9.80. The minimum absolute atomic E-state index is 0.470. The molecule has 2 N–H and O–H groups in total. The molecule has 70 valence electrons. The third-order valence-corrected chi connectivity index (χ3v) is 3.20. The molecule has 0 radical (unpaired) electrons. The third kappa shape index (κ3) is 1.80. The molecule has 2 heterocycles. The van der Waals surface area contributed by atoms with Gasteiger partial charge in [-0.05, 0) is 19.3 Å². The van der Waals surface area contributed by atoms with Gasteiger partial charge in [-0.3, -0.25) is 5.32 Å². The molecular weight excluding hydrogens is 150 g/mol. The van der Waals surface area contributed by atoms with Gasteiger partial charge in [-0.2, -0.15) is 0 Å². The molecule has 2 unspecified atom stereocenters. The first kappa shape index (κ1) is 8.52. The maximum absolute atomic E-state index is 9.85. The van der Waals surface area contributed by atoms with Crippen LogP contribution in [-0.4, -0.2) is 16.9 Å². The van der Waals surface area contributed by atoms with Gasteiger partial charge in [0.05, 0.1) is 0 Å². The molecule has 2 heteroatoms. The van der Waals surface area contributed by atoms with E-state index in [-0.39, 0.29) is 0 Å². The van der Waals surface area contributed by atoms with Crippen LogP contribution in [0.1, 0.15) is 51.4 Å². The van der Waals surface area contributed by atoms with Crippen LogP contribution in [0.3, 0.4) is 0 Å². The highest BCUT2D eigenvalue weighted by atomic mass is 16.3. The Balaban J connectivity index is 1.84. The number of hydrogen-bond donors (Lipinski definition) is 2. The summed E-state index contributed by atoms with van der Waals surface area (Å²) in [5, 5.41) is 13.1. The highest BCUT2D eigenvalue weighted by molar-refractivity contribution is 4.94. The van der Waals surface area contributed by atoms with Crippen LogP contribution in [0, 0.1) is 0 Å². The van der Waals surface area contributed by atoms with Gasteiger partial charge in [0, 0.05) is 12.5 Å². The highest BCUT2D eigenvalue weighted by Crippen LogP contribution is 2.31. The second-order valence-electron chi connectivity index (χ2n) is 4.38. The lowest BCUT2D eigenvalue weighted by Gasteiger charge is -2.46. The van der Waals surface area contributed by atoms with Crippen LogP contribution >= 0.6 is 0 Å². The molecule has 2 aliphatic heterocycles. The molecule has 2 saturated heterocycles. The van der Waals surface area contributed by atoms with E-state index in [0.717, 1.165) is 12.8 Å². The van der Waals surface area contributed by atoms with E-state index in [1.807, 2.05) is 0 Å². The zero-order valence-corrected chi connectivity index (χ0v) is 7.68. The van der Waals surface area contributed by atoms with Crippen LogP contribution in [0.2, 0.25) is 0 Å². The fraction of sp³-hybridized carbons (Fsp3) is 1.00. The Kier molecular flexibility index (Phi) is 2.37. The predicted molar refractivity (Wildman–Crippen MR) is 48.8 cm³/mol. The van der Waals surface area contributed by atoms with Crippen molar-refractivity contribution in [3.05, 3.63) is 0 Å². The van der Waals surface area contributed by atoms with Crippen molar-refractivity contribution in [2.75, 3.05) is 0 Å². The lowest BCUT2D eigenvalue weighted by atomic mass is 9.84. The number of nitrogens with one attached hydrogen (secondary N) is 1. The molecule has 0 aromatic rings. The summed E-state index contributed by atoms with van der Waals surface area (Å²) < 4.78 is 0. The molecule has 1 aliphatic carbocycles. The fourth-order valence-corrected chi connectivity index (χ4v) is 2.45. The zero-order valence-electron chi connectivity index (χ0n) is 7.68. The van der Waals surface area contributed by atoms with Gasteiger partial charge in [0.15, 0.2) is 0 Å². The summed E-state index contributed by atoms with van der Waals surface area (Å²) in [6.45, 7) is 0. The topological polar surface area (TPSA) is 32.3 Å². The van der Waals surface area contributed by atoms with Gasteiger partial charge < -0.3 is 5.11 Å². The summed E-state index contributed by atoms with van der Waals surface area (Å²) >= 11 is 0. The molecule has 0 amide bonds. The average molecular weight is 169 g/mol. The Bertz CT molecular complexity index is 146. The lowest BCUT2D eigenvalue weighted by Crippen LogP contribution is -2.63. The first-order valence-corrected chi connectivity index (χ1v) is 5.29. The van der Waals surface area contributed by atoms with Crippen molar-refractivity contribution in [3.8, 4) is 0 Å². The van der Waals surface area contributed by atoms with Gasteiger partial charge in [0.1, 0.15) is 5.72 Å². The minimum Gasteiger partial charge on any atom is -0.376 e. The smallest absolute Gasteiger partial charge is 0.117 e. The number of fused-ring (bicyclic) bond motifs is 6. The molecule has 3 aliphatic rings. The van der Waals surface area contributed by atoms with Crippen LogP contribution in [0.25, 0.3) is 0 Å². The molecule has 1 saturated carbocycles. The molecule has 3 fully saturated rings. The fourth-order valence-electron chi connectivity index (χ4n) is 2.45. The van der Waals surface area contributed by atoms with Crippen molar-refractivity contribution in [1.82, 2.24) is 5.32 Å². The van der Waals surface area contributed by atoms with Crippen molar-refractivity contribution >= 4 is 0 Å². The summed E-state index contributed by atoms with van der Waals surface area (Å²) in [5.74, 6) is 0. The Labute approximate surface area is 74.4 Å². The van der Waals surface area contributed by atoms with Crippen molar-refractivity contribution in [3.63, 3.8) is 0 Å². The molecule has 2 atom stereocenters. The van der Waals surface area contributed by atoms with Crippen LogP contribution in [0.15, 0.2) is 0 Å². The van der Waals surface area contributed by atoms with Crippen LogP contribution < -0.4 is 5.32 Å². The van der Waals surface area contributed by atoms with Crippen molar-refractivity contribution in [2.45, 2.75) is 63.1 Å². The van der Waals surface area contributed by atoms with Gasteiger partial charge in [-0.1, -0.05) is 25.7 Å². The van der Waals surface area contributed by atoms with Crippen LogP contribution in [-0.2, 0) is 0 Å².